The Morgan fingerprint density at radius 1 is 1.50 bits per heavy atom. The van der Waals surface area contributed by atoms with Gasteiger partial charge in [0.1, 0.15) is 11.4 Å². The van der Waals surface area contributed by atoms with Crippen molar-refractivity contribution in [3.63, 3.8) is 0 Å². The third kappa shape index (κ3) is 3.87. The molecule has 0 saturated heterocycles. The summed E-state index contributed by atoms with van der Waals surface area (Å²) in [5.41, 5.74) is 0.149. The third-order valence-electron chi connectivity index (χ3n) is 2.98. The van der Waals surface area contributed by atoms with Gasteiger partial charge in [-0.05, 0) is 30.5 Å². The van der Waals surface area contributed by atoms with Crippen molar-refractivity contribution < 1.29 is 18.8 Å². The number of nitro benzene ring substituents is 1. The van der Waals surface area contributed by atoms with Gasteiger partial charge in [0.05, 0.1) is 23.8 Å². The van der Waals surface area contributed by atoms with Crippen LogP contribution in [0.2, 0.25) is 0 Å². The molecule has 22 heavy (non-hydrogen) atoms. The van der Waals surface area contributed by atoms with E-state index in [0.717, 1.165) is 17.7 Å². The van der Waals surface area contributed by atoms with E-state index in [1.165, 1.54) is 0 Å². The number of esters is 1. The van der Waals surface area contributed by atoms with Crippen molar-refractivity contribution >= 4 is 11.7 Å². The number of ether oxygens (including phenoxy) is 1. The van der Waals surface area contributed by atoms with Crippen molar-refractivity contribution in [2.75, 3.05) is 6.61 Å². The van der Waals surface area contributed by atoms with Gasteiger partial charge in [0, 0.05) is 13.2 Å². The van der Waals surface area contributed by atoms with Crippen LogP contribution in [0.3, 0.4) is 0 Å². The van der Waals surface area contributed by atoms with Crippen molar-refractivity contribution in [2.24, 2.45) is 7.05 Å². The number of nitro groups is 1. The monoisotopic (exact) mass is 307 g/mol. The van der Waals surface area contributed by atoms with Crippen LogP contribution in [0, 0.1) is 15.9 Å². The Morgan fingerprint density at radius 2 is 2.27 bits per heavy atom. The number of aromatic nitrogens is 2. The molecule has 0 fully saturated rings. The second kappa shape index (κ2) is 6.79. The fraction of sp³-hybridized carbons (Fsp3) is 0.286. The lowest BCUT2D eigenvalue weighted by Crippen LogP contribution is -2.10. The summed E-state index contributed by atoms with van der Waals surface area (Å²) in [6, 6.07) is 2.74. The van der Waals surface area contributed by atoms with Gasteiger partial charge >= 0.3 is 5.97 Å². The molecule has 0 aliphatic carbocycles. The van der Waals surface area contributed by atoms with Crippen LogP contribution in [0.1, 0.15) is 22.3 Å². The lowest BCUT2D eigenvalue weighted by Gasteiger charge is -2.05. The zero-order valence-corrected chi connectivity index (χ0v) is 11.9. The van der Waals surface area contributed by atoms with Crippen molar-refractivity contribution in [2.45, 2.75) is 12.8 Å². The molecule has 0 amide bonds. The Hall–Kier alpha value is -2.77. The highest BCUT2D eigenvalue weighted by atomic mass is 19.1. The summed E-state index contributed by atoms with van der Waals surface area (Å²) < 4.78 is 19.7. The lowest BCUT2D eigenvalue weighted by molar-refractivity contribution is -0.385. The standard InChI is InChI=1S/C14H14FN3O4/c1-17-9-10(8-16-17)3-2-6-22-14(19)12-5-4-11(15)7-13(12)18(20)21/h4-5,7-9H,2-3,6H2,1H3. The van der Waals surface area contributed by atoms with Crippen molar-refractivity contribution in [1.82, 2.24) is 9.78 Å². The molecule has 0 spiro atoms. The van der Waals surface area contributed by atoms with E-state index in [-0.39, 0.29) is 12.2 Å². The van der Waals surface area contributed by atoms with Crippen LogP contribution in [-0.4, -0.2) is 27.3 Å². The van der Waals surface area contributed by atoms with E-state index in [1.54, 1.807) is 17.9 Å². The molecule has 8 heteroatoms. The minimum Gasteiger partial charge on any atom is -0.462 e. The van der Waals surface area contributed by atoms with Gasteiger partial charge in [-0.15, -0.1) is 0 Å². The molecule has 1 heterocycles. The average Bonchev–Trinajstić information content (AvgIpc) is 2.88. The number of benzene rings is 1. The molecule has 0 radical (unpaired) electrons. The number of halogens is 1. The first-order chi connectivity index (χ1) is 10.5. The fourth-order valence-corrected chi connectivity index (χ4v) is 1.95. The summed E-state index contributed by atoms with van der Waals surface area (Å²) in [5, 5.41) is 14.8. The van der Waals surface area contributed by atoms with Gasteiger partial charge in [0.25, 0.3) is 5.69 Å². The van der Waals surface area contributed by atoms with Crippen LogP contribution in [0.4, 0.5) is 10.1 Å². The molecule has 1 aromatic heterocycles. The molecule has 116 valence electrons. The van der Waals surface area contributed by atoms with E-state index in [1.807, 2.05) is 6.20 Å². The first-order valence-corrected chi connectivity index (χ1v) is 6.56. The quantitative estimate of drug-likeness (QED) is 0.353. The van der Waals surface area contributed by atoms with E-state index in [0.29, 0.717) is 18.9 Å². The van der Waals surface area contributed by atoms with E-state index < -0.39 is 22.4 Å². The fourth-order valence-electron chi connectivity index (χ4n) is 1.95. The van der Waals surface area contributed by atoms with Gasteiger partial charge < -0.3 is 4.74 Å². The molecule has 0 saturated carbocycles. The van der Waals surface area contributed by atoms with Crippen LogP contribution in [0.5, 0.6) is 0 Å². The molecule has 2 rings (SSSR count). The topological polar surface area (TPSA) is 87.3 Å². The number of nitrogens with zero attached hydrogens (tertiary/aromatic N) is 3. The zero-order chi connectivity index (χ0) is 16.1. The molecule has 1 aromatic carbocycles. The largest absolute Gasteiger partial charge is 0.462 e. The highest BCUT2D eigenvalue weighted by Gasteiger charge is 2.22. The number of aryl methyl sites for hydroxylation is 2. The Balaban J connectivity index is 1.91. The van der Waals surface area contributed by atoms with E-state index >= 15 is 0 Å². The summed E-state index contributed by atoms with van der Waals surface area (Å²) in [4.78, 5) is 21.8. The maximum atomic E-state index is 13.0. The minimum absolute atomic E-state index is 0.113. The average molecular weight is 307 g/mol. The second-order valence-corrected chi connectivity index (χ2v) is 4.68. The number of carbonyl (C=O) groups is 1. The van der Waals surface area contributed by atoms with Crippen LogP contribution in [0.15, 0.2) is 30.6 Å². The minimum atomic E-state index is -0.835. The van der Waals surface area contributed by atoms with Gasteiger partial charge in [-0.2, -0.15) is 5.10 Å². The molecule has 0 aliphatic heterocycles. The van der Waals surface area contributed by atoms with E-state index in [4.69, 9.17) is 4.74 Å². The molecule has 7 nitrogen and oxygen atoms in total. The van der Waals surface area contributed by atoms with Gasteiger partial charge in [0.15, 0.2) is 0 Å². The van der Waals surface area contributed by atoms with E-state index in [9.17, 15) is 19.3 Å². The maximum absolute atomic E-state index is 13.0. The molecule has 0 aliphatic rings. The Morgan fingerprint density at radius 3 is 2.91 bits per heavy atom. The van der Waals surface area contributed by atoms with Crippen LogP contribution in [-0.2, 0) is 18.2 Å². The molecular weight excluding hydrogens is 293 g/mol. The predicted molar refractivity (Wildman–Crippen MR) is 74.9 cm³/mol. The highest BCUT2D eigenvalue weighted by molar-refractivity contribution is 5.93. The molecule has 0 bridgehead atoms. The smallest absolute Gasteiger partial charge is 0.345 e. The number of rotatable bonds is 6. The molecular formula is C14H14FN3O4. The van der Waals surface area contributed by atoms with Gasteiger partial charge in [-0.25, -0.2) is 9.18 Å². The van der Waals surface area contributed by atoms with Crippen LogP contribution < -0.4 is 0 Å². The van der Waals surface area contributed by atoms with E-state index in [2.05, 4.69) is 5.10 Å². The Labute approximate surface area is 125 Å². The first-order valence-electron chi connectivity index (χ1n) is 6.56. The summed E-state index contributed by atoms with van der Waals surface area (Å²) in [6.07, 6.45) is 4.80. The normalized spacial score (nSPS) is 10.5. The molecule has 0 unspecified atom stereocenters. The first kappa shape index (κ1) is 15.6. The highest BCUT2D eigenvalue weighted by Crippen LogP contribution is 2.20. The lowest BCUT2D eigenvalue weighted by atomic mass is 10.2. The number of hydrogen-bond donors (Lipinski definition) is 0. The summed E-state index contributed by atoms with van der Waals surface area (Å²) >= 11 is 0. The van der Waals surface area contributed by atoms with Gasteiger partial charge in [0.2, 0.25) is 0 Å². The zero-order valence-electron chi connectivity index (χ0n) is 11.9. The van der Waals surface area contributed by atoms with Gasteiger partial charge in [-0.1, -0.05) is 0 Å². The van der Waals surface area contributed by atoms with Crippen LogP contribution >= 0.6 is 0 Å². The summed E-state index contributed by atoms with van der Waals surface area (Å²) in [5.74, 6) is -1.61. The van der Waals surface area contributed by atoms with Crippen molar-refractivity contribution in [1.29, 1.82) is 0 Å². The maximum Gasteiger partial charge on any atom is 0.345 e. The number of hydrogen-bond acceptors (Lipinski definition) is 5. The SMILES string of the molecule is Cn1cc(CCCOC(=O)c2ccc(F)cc2[N+](=O)[O-])cn1. The molecule has 0 N–H and O–H groups in total. The van der Waals surface area contributed by atoms with Gasteiger partial charge in [-0.3, -0.25) is 14.8 Å². The van der Waals surface area contributed by atoms with Crippen LogP contribution in [0.25, 0.3) is 0 Å². The number of carbonyl (C=O) groups excluding carboxylic acids is 1. The Bertz CT molecular complexity index is 699. The summed E-state index contributed by atoms with van der Waals surface area (Å²) in [6.45, 7) is 0.113. The second-order valence-electron chi connectivity index (χ2n) is 4.68. The molecule has 2 aromatic rings. The summed E-state index contributed by atoms with van der Waals surface area (Å²) in [7, 11) is 1.80. The Kier molecular flexibility index (Phi) is 4.82. The molecule has 0 atom stereocenters. The van der Waals surface area contributed by atoms with Crippen molar-refractivity contribution in [3.8, 4) is 0 Å². The van der Waals surface area contributed by atoms with Crippen molar-refractivity contribution in [3.05, 3.63) is 57.7 Å². The predicted octanol–water partition coefficient (Wildman–Crippen LogP) is 2.26. The third-order valence-corrected chi connectivity index (χ3v) is 2.98.